The van der Waals surface area contributed by atoms with Crippen molar-refractivity contribution in [3.8, 4) is 5.75 Å². The van der Waals surface area contributed by atoms with E-state index in [4.69, 9.17) is 0 Å². The monoisotopic (exact) mass is 237 g/mol. The molecule has 1 rings (SSSR count). The van der Waals surface area contributed by atoms with Crippen LogP contribution in [0.25, 0.3) is 0 Å². The van der Waals surface area contributed by atoms with Gasteiger partial charge in [-0.3, -0.25) is 14.7 Å². The SMILES string of the molecule is CCN(CC(=O)NC)Cc1nc(C)ccc1O. The number of hydrogen-bond acceptors (Lipinski definition) is 4. The van der Waals surface area contributed by atoms with E-state index >= 15 is 0 Å². The number of likely N-dealkylation sites (N-methyl/N-ethyl adjacent to an activating group) is 2. The van der Waals surface area contributed by atoms with Crippen LogP contribution in [0, 0.1) is 6.92 Å². The van der Waals surface area contributed by atoms with Crippen molar-refractivity contribution in [3.05, 3.63) is 23.5 Å². The molecule has 0 saturated heterocycles. The number of nitrogens with one attached hydrogen (secondary N) is 1. The number of carbonyl (C=O) groups excluding carboxylic acids is 1. The molecule has 0 aliphatic heterocycles. The maximum atomic E-state index is 11.3. The van der Waals surface area contributed by atoms with Crippen LogP contribution in [0.5, 0.6) is 5.75 Å². The van der Waals surface area contributed by atoms with Crippen LogP contribution in [0.1, 0.15) is 18.3 Å². The fourth-order valence-electron chi connectivity index (χ4n) is 1.49. The van der Waals surface area contributed by atoms with Crippen molar-refractivity contribution in [1.82, 2.24) is 15.2 Å². The molecule has 0 aromatic carbocycles. The zero-order valence-electron chi connectivity index (χ0n) is 10.5. The number of rotatable bonds is 5. The van der Waals surface area contributed by atoms with Gasteiger partial charge >= 0.3 is 0 Å². The molecule has 1 heterocycles. The number of aryl methyl sites for hydroxylation is 1. The standard InChI is InChI=1S/C12H19N3O2/c1-4-15(8-12(17)13-3)7-10-11(16)6-5-9(2)14-10/h5-6,16H,4,7-8H2,1-3H3,(H,13,17). The van der Waals surface area contributed by atoms with E-state index in [1.165, 1.54) is 0 Å². The highest BCUT2D eigenvalue weighted by molar-refractivity contribution is 5.77. The van der Waals surface area contributed by atoms with Gasteiger partial charge in [0, 0.05) is 19.3 Å². The molecule has 1 amide bonds. The summed E-state index contributed by atoms with van der Waals surface area (Å²) in [7, 11) is 1.61. The summed E-state index contributed by atoms with van der Waals surface area (Å²) in [6.07, 6.45) is 0. The van der Waals surface area contributed by atoms with Crippen LogP contribution in [0.2, 0.25) is 0 Å². The van der Waals surface area contributed by atoms with Crippen molar-refractivity contribution in [2.45, 2.75) is 20.4 Å². The van der Waals surface area contributed by atoms with E-state index in [9.17, 15) is 9.90 Å². The Morgan fingerprint density at radius 1 is 1.53 bits per heavy atom. The highest BCUT2D eigenvalue weighted by Crippen LogP contribution is 2.16. The molecule has 5 nitrogen and oxygen atoms in total. The Morgan fingerprint density at radius 2 is 2.24 bits per heavy atom. The summed E-state index contributed by atoms with van der Waals surface area (Å²) in [4.78, 5) is 17.5. The van der Waals surface area contributed by atoms with Gasteiger partial charge < -0.3 is 10.4 Å². The number of carbonyl (C=O) groups is 1. The number of aromatic hydroxyl groups is 1. The molecule has 0 aliphatic rings. The Hall–Kier alpha value is -1.62. The van der Waals surface area contributed by atoms with E-state index in [0.29, 0.717) is 18.8 Å². The summed E-state index contributed by atoms with van der Waals surface area (Å²) in [5.74, 6) is 0.130. The van der Waals surface area contributed by atoms with E-state index in [1.807, 2.05) is 18.7 Å². The lowest BCUT2D eigenvalue weighted by Crippen LogP contribution is -2.35. The van der Waals surface area contributed by atoms with Crippen molar-refractivity contribution in [2.24, 2.45) is 0 Å². The second-order valence-corrected chi connectivity index (χ2v) is 3.89. The van der Waals surface area contributed by atoms with Crippen LogP contribution in [-0.2, 0) is 11.3 Å². The molecule has 0 atom stereocenters. The Labute approximate surface area is 101 Å². The third-order valence-corrected chi connectivity index (χ3v) is 2.56. The zero-order chi connectivity index (χ0) is 12.8. The van der Waals surface area contributed by atoms with E-state index in [1.54, 1.807) is 19.2 Å². The van der Waals surface area contributed by atoms with Gasteiger partial charge in [0.05, 0.1) is 12.2 Å². The Morgan fingerprint density at radius 3 is 2.82 bits per heavy atom. The lowest BCUT2D eigenvalue weighted by atomic mass is 10.2. The van der Waals surface area contributed by atoms with Crippen LogP contribution in [0.3, 0.4) is 0 Å². The van der Waals surface area contributed by atoms with Gasteiger partial charge in [-0.15, -0.1) is 0 Å². The van der Waals surface area contributed by atoms with Crippen LogP contribution in [0.4, 0.5) is 0 Å². The fraction of sp³-hybridized carbons (Fsp3) is 0.500. The van der Waals surface area contributed by atoms with Crippen LogP contribution < -0.4 is 5.32 Å². The predicted octanol–water partition coefficient (Wildman–Crippen LogP) is 0.664. The number of hydrogen-bond donors (Lipinski definition) is 2. The first-order valence-corrected chi connectivity index (χ1v) is 5.65. The molecule has 0 fully saturated rings. The minimum absolute atomic E-state index is 0.0426. The number of pyridine rings is 1. The highest BCUT2D eigenvalue weighted by Gasteiger charge is 2.11. The van der Waals surface area contributed by atoms with E-state index in [0.717, 1.165) is 12.2 Å². The smallest absolute Gasteiger partial charge is 0.233 e. The Balaban J connectivity index is 2.73. The third-order valence-electron chi connectivity index (χ3n) is 2.56. The van der Waals surface area contributed by atoms with Crippen LogP contribution in [-0.4, -0.2) is 41.0 Å². The maximum Gasteiger partial charge on any atom is 0.233 e. The van der Waals surface area contributed by atoms with E-state index < -0.39 is 0 Å². The van der Waals surface area contributed by atoms with Crippen molar-refractivity contribution in [1.29, 1.82) is 0 Å². The normalized spacial score (nSPS) is 10.6. The van der Waals surface area contributed by atoms with Gasteiger partial charge in [-0.05, 0) is 25.6 Å². The van der Waals surface area contributed by atoms with Crippen molar-refractivity contribution in [3.63, 3.8) is 0 Å². The summed E-state index contributed by atoms with van der Waals surface area (Å²) >= 11 is 0. The Kier molecular flexibility index (Phi) is 4.90. The molecule has 94 valence electrons. The van der Waals surface area contributed by atoms with Crippen LogP contribution >= 0.6 is 0 Å². The number of nitrogens with zero attached hydrogens (tertiary/aromatic N) is 2. The molecule has 0 spiro atoms. The predicted molar refractivity (Wildman–Crippen MR) is 65.7 cm³/mol. The lowest BCUT2D eigenvalue weighted by Gasteiger charge is -2.19. The lowest BCUT2D eigenvalue weighted by molar-refractivity contribution is -0.121. The molecule has 1 aromatic rings. The van der Waals surface area contributed by atoms with Gasteiger partial charge in [0.15, 0.2) is 0 Å². The number of amides is 1. The third kappa shape index (κ3) is 4.03. The second kappa shape index (κ2) is 6.20. The van der Waals surface area contributed by atoms with Gasteiger partial charge in [0.2, 0.25) is 5.91 Å². The molecule has 0 radical (unpaired) electrons. The van der Waals surface area contributed by atoms with Gasteiger partial charge in [-0.1, -0.05) is 6.92 Å². The summed E-state index contributed by atoms with van der Waals surface area (Å²) in [6, 6.07) is 3.39. The van der Waals surface area contributed by atoms with Crippen molar-refractivity contribution >= 4 is 5.91 Å². The zero-order valence-corrected chi connectivity index (χ0v) is 10.5. The van der Waals surface area contributed by atoms with Gasteiger partial charge in [0.1, 0.15) is 5.75 Å². The molecule has 0 bridgehead atoms. The van der Waals surface area contributed by atoms with E-state index in [-0.39, 0.29) is 11.7 Å². The molecular weight excluding hydrogens is 218 g/mol. The number of aromatic nitrogens is 1. The maximum absolute atomic E-state index is 11.3. The molecule has 0 aliphatic carbocycles. The quantitative estimate of drug-likeness (QED) is 0.789. The van der Waals surface area contributed by atoms with Gasteiger partial charge in [-0.2, -0.15) is 0 Å². The highest BCUT2D eigenvalue weighted by atomic mass is 16.3. The van der Waals surface area contributed by atoms with Crippen molar-refractivity contribution < 1.29 is 9.90 Å². The minimum Gasteiger partial charge on any atom is -0.506 e. The molecule has 0 saturated carbocycles. The second-order valence-electron chi connectivity index (χ2n) is 3.89. The first-order chi connectivity index (χ1) is 8.06. The molecule has 2 N–H and O–H groups in total. The Bertz CT molecular complexity index is 393. The summed E-state index contributed by atoms with van der Waals surface area (Å²) < 4.78 is 0. The average Bonchev–Trinajstić information content (AvgIpc) is 2.32. The summed E-state index contributed by atoms with van der Waals surface area (Å²) in [5, 5.41) is 12.3. The summed E-state index contributed by atoms with van der Waals surface area (Å²) in [5.41, 5.74) is 1.46. The molecule has 0 unspecified atom stereocenters. The van der Waals surface area contributed by atoms with Crippen molar-refractivity contribution in [2.75, 3.05) is 20.1 Å². The average molecular weight is 237 g/mol. The van der Waals surface area contributed by atoms with Gasteiger partial charge in [0.25, 0.3) is 0 Å². The molecular formula is C12H19N3O2. The molecule has 5 heteroatoms. The minimum atomic E-state index is -0.0426. The summed E-state index contributed by atoms with van der Waals surface area (Å²) in [6.45, 7) is 5.34. The topological polar surface area (TPSA) is 65.5 Å². The van der Waals surface area contributed by atoms with Gasteiger partial charge in [-0.25, -0.2) is 0 Å². The molecule has 17 heavy (non-hydrogen) atoms. The first kappa shape index (κ1) is 13.4. The molecule has 1 aromatic heterocycles. The fourth-order valence-corrected chi connectivity index (χ4v) is 1.49. The first-order valence-electron chi connectivity index (χ1n) is 5.65. The van der Waals surface area contributed by atoms with E-state index in [2.05, 4.69) is 10.3 Å². The largest absolute Gasteiger partial charge is 0.506 e. The van der Waals surface area contributed by atoms with Crippen LogP contribution in [0.15, 0.2) is 12.1 Å².